The normalized spacial score (nSPS) is 10.3. The van der Waals surface area contributed by atoms with Gasteiger partial charge in [-0.25, -0.2) is 9.18 Å². The summed E-state index contributed by atoms with van der Waals surface area (Å²) >= 11 is 5.84. The molecule has 2 aromatic rings. The van der Waals surface area contributed by atoms with Crippen molar-refractivity contribution in [2.24, 2.45) is 0 Å². The molecule has 2 rings (SSSR count). The van der Waals surface area contributed by atoms with Gasteiger partial charge in [0.1, 0.15) is 11.6 Å². The zero-order chi connectivity index (χ0) is 14.0. The summed E-state index contributed by atoms with van der Waals surface area (Å²) < 4.78 is 19.1. The van der Waals surface area contributed by atoms with Gasteiger partial charge in [-0.1, -0.05) is 17.7 Å². The maximum Gasteiger partial charge on any atom is 0.335 e. The Bertz CT molecular complexity index is 641. The molecule has 0 amide bonds. The van der Waals surface area contributed by atoms with Gasteiger partial charge in [0.2, 0.25) is 0 Å². The van der Waals surface area contributed by atoms with E-state index < -0.39 is 11.8 Å². The van der Waals surface area contributed by atoms with Crippen molar-refractivity contribution in [3.63, 3.8) is 0 Å². The molecule has 0 saturated carbocycles. The van der Waals surface area contributed by atoms with Crippen LogP contribution in [0.1, 0.15) is 10.4 Å². The van der Waals surface area contributed by atoms with Crippen LogP contribution in [0, 0.1) is 5.82 Å². The lowest BCUT2D eigenvalue weighted by atomic mass is 10.0. The van der Waals surface area contributed by atoms with Gasteiger partial charge in [-0.3, -0.25) is 0 Å². The first-order chi connectivity index (χ1) is 9.02. The number of rotatable bonds is 3. The number of halogens is 2. The van der Waals surface area contributed by atoms with Crippen molar-refractivity contribution in [1.29, 1.82) is 0 Å². The third kappa shape index (κ3) is 2.69. The zero-order valence-corrected chi connectivity index (χ0v) is 10.7. The van der Waals surface area contributed by atoms with Crippen LogP contribution in [0.2, 0.25) is 5.02 Å². The Morgan fingerprint density at radius 2 is 1.89 bits per heavy atom. The van der Waals surface area contributed by atoms with E-state index in [1.165, 1.54) is 19.2 Å². The Balaban J connectivity index is 2.56. The molecule has 19 heavy (non-hydrogen) atoms. The Morgan fingerprint density at radius 3 is 2.47 bits per heavy atom. The molecule has 0 unspecified atom stereocenters. The summed E-state index contributed by atoms with van der Waals surface area (Å²) in [5.41, 5.74) is 0.675. The van der Waals surface area contributed by atoms with E-state index in [0.717, 1.165) is 6.07 Å². The zero-order valence-electron chi connectivity index (χ0n) is 9.98. The molecule has 0 aliphatic rings. The van der Waals surface area contributed by atoms with Crippen molar-refractivity contribution in [3.8, 4) is 16.9 Å². The van der Waals surface area contributed by atoms with Crippen LogP contribution in [0.4, 0.5) is 4.39 Å². The molecule has 0 aliphatic heterocycles. The van der Waals surface area contributed by atoms with Crippen molar-refractivity contribution in [3.05, 3.63) is 52.8 Å². The van der Waals surface area contributed by atoms with Gasteiger partial charge in [-0.2, -0.15) is 0 Å². The minimum Gasteiger partial charge on any atom is -0.496 e. The molecule has 1 N–H and O–H groups in total. The molecule has 0 saturated heterocycles. The predicted octanol–water partition coefficient (Wildman–Crippen LogP) is 3.85. The number of methoxy groups -OCH3 is 1. The molecule has 98 valence electrons. The number of hydrogen-bond acceptors (Lipinski definition) is 2. The van der Waals surface area contributed by atoms with E-state index in [4.69, 9.17) is 21.4 Å². The van der Waals surface area contributed by atoms with Crippen LogP contribution in [-0.4, -0.2) is 18.2 Å². The van der Waals surface area contributed by atoms with Gasteiger partial charge in [0.05, 0.1) is 12.7 Å². The highest BCUT2D eigenvalue weighted by Gasteiger charge is 2.13. The van der Waals surface area contributed by atoms with Crippen LogP contribution in [0.25, 0.3) is 11.1 Å². The molecule has 3 nitrogen and oxygen atoms in total. The van der Waals surface area contributed by atoms with Gasteiger partial charge in [0, 0.05) is 16.1 Å². The van der Waals surface area contributed by atoms with Gasteiger partial charge in [0.15, 0.2) is 0 Å². The van der Waals surface area contributed by atoms with Crippen LogP contribution in [0.5, 0.6) is 5.75 Å². The summed E-state index contributed by atoms with van der Waals surface area (Å²) in [7, 11) is 1.46. The molecule has 2 aromatic carbocycles. The van der Waals surface area contributed by atoms with Crippen LogP contribution >= 0.6 is 11.6 Å². The van der Waals surface area contributed by atoms with E-state index in [9.17, 15) is 9.18 Å². The molecular weight excluding hydrogens is 271 g/mol. The molecular formula is C14H10ClFO3. The maximum absolute atomic E-state index is 14.0. The number of carboxylic acid groups (broad SMARTS) is 1. The standard InChI is InChI=1S/C14H10ClFO3/c1-19-13-7-9(15)3-5-11(13)10-4-2-8(14(17)18)6-12(10)16/h2-7H,1H3,(H,17,18). The lowest BCUT2D eigenvalue weighted by Crippen LogP contribution is -1.98. The molecule has 0 spiro atoms. The van der Waals surface area contributed by atoms with Gasteiger partial charge in [-0.15, -0.1) is 0 Å². The van der Waals surface area contributed by atoms with E-state index >= 15 is 0 Å². The highest BCUT2D eigenvalue weighted by Crippen LogP contribution is 2.34. The van der Waals surface area contributed by atoms with Gasteiger partial charge >= 0.3 is 5.97 Å². The minimum atomic E-state index is -1.17. The van der Waals surface area contributed by atoms with Crippen molar-refractivity contribution >= 4 is 17.6 Å². The van der Waals surface area contributed by atoms with Gasteiger partial charge in [-0.05, 0) is 30.3 Å². The summed E-state index contributed by atoms with van der Waals surface area (Å²) in [6.07, 6.45) is 0. The first-order valence-corrected chi connectivity index (χ1v) is 5.77. The third-order valence-corrected chi connectivity index (χ3v) is 2.90. The highest BCUT2D eigenvalue weighted by atomic mass is 35.5. The summed E-state index contributed by atoms with van der Waals surface area (Å²) in [5.74, 6) is -1.37. The van der Waals surface area contributed by atoms with E-state index in [-0.39, 0.29) is 11.1 Å². The lowest BCUT2D eigenvalue weighted by Gasteiger charge is -2.10. The van der Waals surface area contributed by atoms with Crippen molar-refractivity contribution in [1.82, 2.24) is 0 Å². The van der Waals surface area contributed by atoms with Crippen molar-refractivity contribution in [2.45, 2.75) is 0 Å². The number of ether oxygens (including phenoxy) is 1. The molecule has 0 heterocycles. The smallest absolute Gasteiger partial charge is 0.335 e. The van der Waals surface area contributed by atoms with Crippen LogP contribution in [0.3, 0.4) is 0 Å². The fourth-order valence-electron chi connectivity index (χ4n) is 1.75. The van der Waals surface area contributed by atoms with E-state index in [2.05, 4.69) is 0 Å². The summed E-state index contributed by atoms with van der Waals surface area (Å²) in [4.78, 5) is 10.8. The third-order valence-electron chi connectivity index (χ3n) is 2.67. The fourth-order valence-corrected chi connectivity index (χ4v) is 1.92. The molecule has 0 atom stereocenters. The second-order valence-electron chi connectivity index (χ2n) is 3.84. The molecule has 0 aliphatic carbocycles. The van der Waals surface area contributed by atoms with Crippen LogP contribution in [0.15, 0.2) is 36.4 Å². The average Bonchev–Trinajstić information content (AvgIpc) is 2.38. The quantitative estimate of drug-likeness (QED) is 0.929. The lowest BCUT2D eigenvalue weighted by molar-refractivity contribution is 0.0696. The Morgan fingerprint density at radius 1 is 1.21 bits per heavy atom. The molecule has 0 fully saturated rings. The first kappa shape index (κ1) is 13.4. The van der Waals surface area contributed by atoms with Crippen molar-refractivity contribution in [2.75, 3.05) is 7.11 Å². The fraction of sp³-hybridized carbons (Fsp3) is 0.0714. The number of carboxylic acids is 1. The van der Waals surface area contributed by atoms with Gasteiger partial charge < -0.3 is 9.84 Å². The molecule has 0 radical (unpaired) electrons. The molecule has 0 bridgehead atoms. The molecule has 0 aromatic heterocycles. The Kier molecular flexibility index (Phi) is 3.71. The summed E-state index contributed by atoms with van der Waals surface area (Å²) in [6, 6.07) is 8.54. The summed E-state index contributed by atoms with van der Waals surface area (Å²) in [5, 5.41) is 9.27. The van der Waals surface area contributed by atoms with E-state index in [1.54, 1.807) is 18.2 Å². The SMILES string of the molecule is COc1cc(Cl)ccc1-c1ccc(C(=O)O)cc1F. The first-order valence-electron chi connectivity index (χ1n) is 5.39. The summed E-state index contributed by atoms with van der Waals surface area (Å²) in [6.45, 7) is 0. The highest BCUT2D eigenvalue weighted by molar-refractivity contribution is 6.30. The van der Waals surface area contributed by atoms with Crippen LogP contribution < -0.4 is 4.74 Å². The van der Waals surface area contributed by atoms with E-state index in [1.807, 2.05) is 0 Å². The second kappa shape index (κ2) is 5.28. The second-order valence-corrected chi connectivity index (χ2v) is 4.28. The Labute approximate surface area is 114 Å². The maximum atomic E-state index is 14.0. The average molecular weight is 281 g/mol. The predicted molar refractivity (Wildman–Crippen MR) is 70.4 cm³/mol. The largest absolute Gasteiger partial charge is 0.496 e. The van der Waals surface area contributed by atoms with Crippen molar-refractivity contribution < 1.29 is 19.0 Å². The topological polar surface area (TPSA) is 46.5 Å². The van der Waals surface area contributed by atoms with E-state index in [0.29, 0.717) is 16.3 Å². The molecule has 5 heteroatoms. The Hall–Kier alpha value is -2.07. The monoisotopic (exact) mass is 280 g/mol. The van der Waals surface area contributed by atoms with Gasteiger partial charge in [0.25, 0.3) is 0 Å². The number of aromatic carboxylic acids is 1. The number of carbonyl (C=O) groups is 1. The van der Waals surface area contributed by atoms with Crippen LogP contribution in [-0.2, 0) is 0 Å². The minimum absolute atomic E-state index is 0.103. The number of benzene rings is 2. The number of hydrogen-bond donors (Lipinski definition) is 1.